The standard InChI is InChI=1S/C27H28F6N2O5S/c1-4-6-7-14-39-22-21(18(10-12-34-22)26(28,29)30)23(36)35-13-8-11-25(24(37)38-3,19(35)9-5-2)40-17-15-20(41-16-17)27(31,32)33/h4-5,10,12,15-16,19H,1-2,6-9,11,13-14H2,3H3. The van der Waals surface area contributed by atoms with Gasteiger partial charge in [-0.15, -0.1) is 24.5 Å². The van der Waals surface area contributed by atoms with Gasteiger partial charge in [-0.2, -0.15) is 26.3 Å². The Morgan fingerprint density at radius 3 is 2.51 bits per heavy atom. The number of hydrogen-bond acceptors (Lipinski definition) is 7. The van der Waals surface area contributed by atoms with Crippen LogP contribution in [0.5, 0.6) is 11.6 Å². The van der Waals surface area contributed by atoms with Crippen LogP contribution in [-0.4, -0.2) is 53.7 Å². The van der Waals surface area contributed by atoms with Crippen LogP contribution in [0.4, 0.5) is 26.3 Å². The van der Waals surface area contributed by atoms with Gasteiger partial charge in [0, 0.05) is 30.6 Å². The summed E-state index contributed by atoms with van der Waals surface area (Å²) in [7, 11) is 1.03. The average Bonchev–Trinajstić information content (AvgIpc) is 3.39. The summed E-state index contributed by atoms with van der Waals surface area (Å²) < 4.78 is 98.3. The fraction of sp³-hybridized carbons (Fsp3) is 0.444. The number of esters is 1. The van der Waals surface area contributed by atoms with Crippen LogP contribution in [0.2, 0.25) is 0 Å². The Balaban J connectivity index is 2.11. The number of unbranched alkanes of at least 4 members (excludes halogenated alkanes) is 1. The van der Waals surface area contributed by atoms with Crippen LogP contribution >= 0.6 is 11.3 Å². The average molecular weight is 607 g/mol. The first kappa shape index (κ1) is 32.0. The van der Waals surface area contributed by atoms with Crippen molar-refractivity contribution in [3.8, 4) is 11.6 Å². The normalized spacial score (nSPS) is 19.4. The highest BCUT2D eigenvalue weighted by atomic mass is 32.1. The lowest BCUT2D eigenvalue weighted by Gasteiger charge is -2.47. The van der Waals surface area contributed by atoms with Gasteiger partial charge in [-0.25, -0.2) is 9.78 Å². The predicted molar refractivity (Wildman–Crippen MR) is 138 cm³/mol. The van der Waals surface area contributed by atoms with Crippen LogP contribution in [0.25, 0.3) is 0 Å². The minimum atomic E-state index is -4.96. The zero-order valence-electron chi connectivity index (χ0n) is 22.0. The Morgan fingerprint density at radius 2 is 1.93 bits per heavy atom. The van der Waals surface area contributed by atoms with E-state index in [4.69, 9.17) is 14.2 Å². The number of carbonyl (C=O) groups is 2. The number of nitrogens with zero attached hydrogens (tertiary/aromatic N) is 2. The molecule has 3 rings (SSSR count). The molecular weight excluding hydrogens is 578 g/mol. The predicted octanol–water partition coefficient (Wildman–Crippen LogP) is 6.70. The second-order valence-electron chi connectivity index (χ2n) is 9.09. The zero-order valence-corrected chi connectivity index (χ0v) is 22.8. The molecule has 0 N–H and O–H groups in total. The Morgan fingerprint density at radius 1 is 1.20 bits per heavy atom. The van der Waals surface area contributed by atoms with Gasteiger partial charge in [-0.3, -0.25) is 4.79 Å². The number of pyridine rings is 1. The molecule has 14 heteroatoms. The van der Waals surface area contributed by atoms with E-state index in [1.807, 2.05) is 0 Å². The molecule has 0 aromatic carbocycles. The zero-order chi connectivity index (χ0) is 30.4. The van der Waals surface area contributed by atoms with Crippen molar-refractivity contribution < 1.29 is 50.1 Å². The quantitative estimate of drug-likeness (QED) is 0.123. The first-order valence-corrected chi connectivity index (χ1v) is 13.3. The fourth-order valence-electron chi connectivity index (χ4n) is 4.64. The number of halogens is 6. The molecule has 1 saturated heterocycles. The maximum Gasteiger partial charge on any atom is 0.425 e. The van der Waals surface area contributed by atoms with Gasteiger partial charge in [-0.05, 0) is 31.7 Å². The van der Waals surface area contributed by atoms with E-state index in [1.165, 1.54) is 6.08 Å². The summed E-state index contributed by atoms with van der Waals surface area (Å²) in [6, 6.07) is 0.0571. The molecule has 1 amide bonds. The van der Waals surface area contributed by atoms with E-state index in [0.29, 0.717) is 36.3 Å². The van der Waals surface area contributed by atoms with Crippen LogP contribution < -0.4 is 9.47 Å². The van der Waals surface area contributed by atoms with Crippen molar-refractivity contribution in [3.63, 3.8) is 0 Å². The summed E-state index contributed by atoms with van der Waals surface area (Å²) in [5, 5.41) is 1.05. The molecule has 0 saturated carbocycles. The van der Waals surface area contributed by atoms with E-state index in [2.05, 4.69) is 18.1 Å². The molecule has 2 aromatic heterocycles. The smallest absolute Gasteiger partial charge is 0.425 e. The molecule has 2 aromatic rings. The Labute approximate surface area is 236 Å². The van der Waals surface area contributed by atoms with Crippen molar-refractivity contribution in [2.24, 2.45) is 0 Å². The molecule has 41 heavy (non-hydrogen) atoms. The van der Waals surface area contributed by atoms with Gasteiger partial charge in [0.25, 0.3) is 5.91 Å². The number of ether oxygens (including phenoxy) is 3. The Hall–Kier alpha value is -3.55. The molecule has 0 radical (unpaired) electrons. The first-order chi connectivity index (χ1) is 19.3. The monoisotopic (exact) mass is 606 g/mol. The lowest BCUT2D eigenvalue weighted by Crippen LogP contribution is -2.65. The lowest BCUT2D eigenvalue weighted by molar-refractivity contribution is -0.169. The van der Waals surface area contributed by atoms with E-state index in [-0.39, 0.29) is 38.2 Å². The van der Waals surface area contributed by atoms with E-state index in [0.717, 1.165) is 23.6 Å². The van der Waals surface area contributed by atoms with Gasteiger partial charge in [0.1, 0.15) is 16.2 Å². The number of methoxy groups -OCH3 is 1. The minimum Gasteiger partial charge on any atom is -0.477 e. The van der Waals surface area contributed by atoms with Crippen LogP contribution in [0.3, 0.4) is 0 Å². The highest BCUT2D eigenvalue weighted by Gasteiger charge is 2.55. The fourth-order valence-corrected chi connectivity index (χ4v) is 5.32. The summed E-state index contributed by atoms with van der Waals surface area (Å²) in [4.78, 5) is 31.1. The Bertz CT molecular complexity index is 1260. The van der Waals surface area contributed by atoms with Crippen molar-refractivity contribution >= 4 is 23.2 Å². The molecule has 2 unspecified atom stereocenters. The highest BCUT2D eigenvalue weighted by Crippen LogP contribution is 2.43. The van der Waals surface area contributed by atoms with Crippen molar-refractivity contribution in [2.45, 2.75) is 56.1 Å². The second kappa shape index (κ2) is 13.0. The number of piperidine rings is 1. The first-order valence-electron chi connectivity index (χ1n) is 12.4. The molecular formula is C27H28F6N2O5S. The van der Waals surface area contributed by atoms with Gasteiger partial charge < -0.3 is 19.1 Å². The number of thiophene rings is 1. The molecule has 7 nitrogen and oxygen atoms in total. The number of carbonyl (C=O) groups excluding carboxylic acids is 2. The van der Waals surface area contributed by atoms with E-state index in [9.17, 15) is 35.9 Å². The van der Waals surface area contributed by atoms with Crippen LogP contribution in [0.1, 0.15) is 52.9 Å². The van der Waals surface area contributed by atoms with Gasteiger partial charge >= 0.3 is 18.3 Å². The summed E-state index contributed by atoms with van der Waals surface area (Å²) in [6.45, 7) is 7.05. The van der Waals surface area contributed by atoms with Crippen molar-refractivity contribution in [3.05, 3.63) is 65.0 Å². The van der Waals surface area contributed by atoms with E-state index >= 15 is 0 Å². The third-order valence-corrected chi connectivity index (χ3v) is 7.38. The molecule has 1 aliphatic heterocycles. The third kappa shape index (κ3) is 7.03. The maximum absolute atomic E-state index is 14.1. The molecule has 1 fully saturated rings. The molecule has 0 bridgehead atoms. The number of alkyl halides is 6. The second-order valence-corrected chi connectivity index (χ2v) is 10.00. The molecule has 0 aliphatic carbocycles. The minimum absolute atomic E-state index is 0.0500. The molecule has 0 spiro atoms. The van der Waals surface area contributed by atoms with Crippen LogP contribution in [0.15, 0.2) is 49.0 Å². The topological polar surface area (TPSA) is 78.0 Å². The SMILES string of the molecule is C=CCCCOc1nccc(C(F)(F)F)c1C(=O)N1CCCC(Oc2csc(C(F)(F)F)c2)(C(=O)OC)C1CC=C. The Kier molecular flexibility index (Phi) is 10.1. The van der Waals surface area contributed by atoms with Gasteiger partial charge in [-0.1, -0.05) is 12.2 Å². The largest absolute Gasteiger partial charge is 0.477 e. The number of amides is 1. The maximum atomic E-state index is 14.1. The van der Waals surface area contributed by atoms with Crippen LogP contribution in [-0.2, 0) is 21.9 Å². The molecule has 3 heterocycles. The van der Waals surface area contributed by atoms with Gasteiger partial charge in [0.15, 0.2) is 0 Å². The number of aromatic nitrogens is 1. The summed E-state index contributed by atoms with van der Waals surface area (Å²) in [6.07, 6.45) is -5.12. The summed E-state index contributed by atoms with van der Waals surface area (Å²) in [5.41, 5.74) is -4.20. The van der Waals surface area contributed by atoms with Gasteiger partial charge in [0.2, 0.25) is 11.5 Å². The van der Waals surface area contributed by atoms with E-state index < -0.39 is 57.8 Å². The number of hydrogen-bond donors (Lipinski definition) is 0. The number of rotatable bonds is 11. The van der Waals surface area contributed by atoms with Gasteiger partial charge in [0.05, 0.1) is 25.3 Å². The highest BCUT2D eigenvalue weighted by molar-refractivity contribution is 7.10. The molecule has 2 atom stereocenters. The van der Waals surface area contributed by atoms with Crippen molar-refractivity contribution in [1.29, 1.82) is 0 Å². The summed E-state index contributed by atoms with van der Waals surface area (Å²) in [5.74, 6) is -3.01. The molecule has 224 valence electrons. The number of likely N-dealkylation sites (tertiary alicyclic amines) is 1. The lowest BCUT2D eigenvalue weighted by atomic mass is 9.81. The summed E-state index contributed by atoms with van der Waals surface area (Å²) >= 11 is 0.340. The van der Waals surface area contributed by atoms with Crippen molar-refractivity contribution in [1.82, 2.24) is 9.88 Å². The van der Waals surface area contributed by atoms with Crippen LogP contribution in [0, 0.1) is 0 Å². The van der Waals surface area contributed by atoms with Crippen molar-refractivity contribution in [2.75, 3.05) is 20.3 Å². The number of allylic oxidation sites excluding steroid dienone is 1. The third-order valence-electron chi connectivity index (χ3n) is 6.42. The molecule has 1 aliphatic rings. The van der Waals surface area contributed by atoms with E-state index in [1.54, 1.807) is 6.08 Å².